The molecular formula is C10H14O. The zero-order valence-electron chi connectivity index (χ0n) is 6.92. The van der Waals surface area contributed by atoms with Crippen molar-refractivity contribution < 1.29 is 4.79 Å². The van der Waals surface area contributed by atoms with Gasteiger partial charge in [-0.25, -0.2) is 0 Å². The van der Waals surface area contributed by atoms with Gasteiger partial charge in [-0.15, -0.1) is 0 Å². The molecule has 1 heteroatoms. The van der Waals surface area contributed by atoms with Crippen molar-refractivity contribution in [1.82, 2.24) is 0 Å². The van der Waals surface area contributed by atoms with E-state index in [-0.39, 0.29) is 5.92 Å². The highest BCUT2D eigenvalue weighted by Crippen LogP contribution is 2.18. The van der Waals surface area contributed by atoms with Gasteiger partial charge < -0.3 is 0 Å². The molecule has 1 unspecified atom stereocenters. The standard InChI is InChI=1S/C10H14O/c1-2-3-4-6-9-7-5-8-10(9)11/h3-5,8-9H,2,6-7H2,1H3/b4-3-. The van der Waals surface area contributed by atoms with Crippen LogP contribution in [0, 0.1) is 5.92 Å². The fraction of sp³-hybridized carbons (Fsp3) is 0.500. The van der Waals surface area contributed by atoms with Gasteiger partial charge in [-0.3, -0.25) is 4.79 Å². The Balaban J connectivity index is 2.28. The van der Waals surface area contributed by atoms with Crippen molar-refractivity contribution >= 4 is 5.78 Å². The van der Waals surface area contributed by atoms with E-state index in [0.717, 1.165) is 19.3 Å². The molecule has 0 amide bonds. The Morgan fingerprint density at radius 1 is 1.64 bits per heavy atom. The number of hydrogen-bond acceptors (Lipinski definition) is 1. The van der Waals surface area contributed by atoms with Crippen LogP contribution in [0.15, 0.2) is 24.3 Å². The fourth-order valence-corrected chi connectivity index (χ4v) is 1.24. The fourth-order valence-electron chi connectivity index (χ4n) is 1.24. The van der Waals surface area contributed by atoms with Crippen LogP contribution in [0.25, 0.3) is 0 Å². The molecule has 0 aromatic rings. The molecule has 0 aromatic carbocycles. The van der Waals surface area contributed by atoms with Crippen LogP contribution in [-0.4, -0.2) is 5.78 Å². The minimum Gasteiger partial charge on any atom is -0.295 e. The average molecular weight is 150 g/mol. The van der Waals surface area contributed by atoms with Gasteiger partial charge in [0.1, 0.15) is 0 Å². The molecule has 0 saturated carbocycles. The van der Waals surface area contributed by atoms with Crippen molar-refractivity contribution in [1.29, 1.82) is 0 Å². The molecular weight excluding hydrogens is 136 g/mol. The Hall–Kier alpha value is -0.850. The van der Waals surface area contributed by atoms with Crippen LogP contribution < -0.4 is 0 Å². The molecule has 60 valence electrons. The van der Waals surface area contributed by atoms with E-state index in [1.165, 1.54) is 0 Å². The summed E-state index contributed by atoms with van der Waals surface area (Å²) in [5.41, 5.74) is 0. The first-order valence-electron chi connectivity index (χ1n) is 4.20. The quantitative estimate of drug-likeness (QED) is 0.565. The monoisotopic (exact) mass is 150 g/mol. The van der Waals surface area contributed by atoms with Crippen LogP contribution in [0.2, 0.25) is 0 Å². The molecule has 1 nitrogen and oxygen atoms in total. The molecule has 1 rings (SSSR count). The maximum atomic E-state index is 11.0. The molecule has 0 spiro atoms. The van der Waals surface area contributed by atoms with Crippen molar-refractivity contribution in [2.45, 2.75) is 26.2 Å². The zero-order chi connectivity index (χ0) is 8.10. The molecule has 0 radical (unpaired) electrons. The van der Waals surface area contributed by atoms with Gasteiger partial charge in [0.15, 0.2) is 5.78 Å². The summed E-state index contributed by atoms with van der Waals surface area (Å²) in [6.07, 6.45) is 10.8. The van der Waals surface area contributed by atoms with Crippen LogP contribution in [0.1, 0.15) is 26.2 Å². The van der Waals surface area contributed by atoms with Crippen molar-refractivity contribution in [2.24, 2.45) is 5.92 Å². The average Bonchev–Trinajstić information content (AvgIpc) is 2.37. The third kappa shape index (κ3) is 2.34. The van der Waals surface area contributed by atoms with E-state index in [4.69, 9.17) is 0 Å². The summed E-state index contributed by atoms with van der Waals surface area (Å²) in [4.78, 5) is 11.0. The molecule has 11 heavy (non-hydrogen) atoms. The minimum atomic E-state index is 0.248. The van der Waals surface area contributed by atoms with E-state index in [1.54, 1.807) is 6.08 Å². The van der Waals surface area contributed by atoms with E-state index in [0.29, 0.717) is 5.78 Å². The molecule has 1 aliphatic carbocycles. The molecule has 1 aliphatic rings. The summed E-state index contributed by atoms with van der Waals surface area (Å²) in [7, 11) is 0. The maximum Gasteiger partial charge on any atom is 0.159 e. The lowest BCUT2D eigenvalue weighted by molar-refractivity contribution is -0.117. The normalized spacial score (nSPS) is 23.7. The Labute approximate surface area is 67.8 Å². The predicted octanol–water partition coefficient (Wildman–Crippen LogP) is 2.49. The Morgan fingerprint density at radius 3 is 3.00 bits per heavy atom. The van der Waals surface area contributed by atoms with Gasteiger partial charge in [-0.05, 0) is 25.3 Å². The highest BCUT2D eigenvalue weighted by molar-refractivity contribution is 5.94. The number of hydrogen-bond donors (Lipinski definition) is 0. The number of rotatable bonds is 3. The zero-order valence-corrected chi connectivity index (χ0v) is 6.92. The van der Waals surface area contributed by atoms with Gasteiger partial charge >= 0.3 is 0 Å². The highest BCUT2D eigenvalue weighted by Gasteiger charge is 2.17. The van der Waals surface area contributed by atoms with Gasteiger partial charge in [-0.1, -0.05) is 25.2 Å². The molecule has 0 heterocycles. The third-order valence-electron chi connectivity index (χ3n) is 1.93. The van der Waals surface area contributed by atoms with Crippen molar-refractivity contribution in [3.63, 3.8) is 0 Å². The number of carbonyl (C=O) groups excluding carboxylic acids is 1. The van der Waals surface area contributed by atoms with E-state index in [1.807, 2.05) is 6.08 Å². The number of allylic oxidation sites excluding steroid dienone is 4. The first-order valence-corrected chi connectivity index (χ1v) is 4.20. The Kier molecular flexibility index (Phi) is 3.09. The summed E-state index contributed by atoms with van der Waals surface area (Å²) >= 11 is 0. The molecule has 0 fully saturated rings. The van der Waals surface area contributed by atoms with Crippen LogP contribution in [0.5, 0.6) is 0 Å². The van der Waals surface area contributed by atoms with Crippen LogP contribution in [-0.2, 0) is 4.79 Å². The third-order valence-corrected chi connectivity index (χ3v) is 1.93. The molecule has 0 aliphatic heterocycles. The van der Waals surface area contributed by atoms with Crippen molar-refractivity contribution in [3.05, 3.63) is 24.3 Å². The van der Waals surface area contributed by atoms with E-state index < -0.39 is 0 Å². The summed E-state index contributed by atoms with van der Waals surface area (Å²) in [6, 6.07) is 0. The second kappa shape index (κ2) is 4.12. The predicted molar refractivity (Wildman–Crippen MR) is 46.3 cm³/mol. The van der Waals surface area contributed by atoms with E-state index in [2.05, 4.69) is 19.1 Å². The summed E-state index contributed by atoms with van der Waals surface area (Å²) < 4.78 is 0. The van der Waals surface area contributed by atoms with Crippen molar-refractivity contribution in [3.8, 4) is 0 Å². The lowest BCUT2D eigenvalue weighted by atomic mass is 10.0. The number of ketones is 1. The first kappa shape index (κ1) is 8.25. The van der Waals surface area contributed by atoms with Gasteiger partial charge in [-0.2, -0.15) is 0 Å². The topological polar surface area (TPSA) is 17.1 Å². The summed E-state index contributed by atoms with van der Waals surface area (Å²) in [5.74, 6) is 0.545. The van der Waals surface area contributed by atoms with Crippen LogP contribution >= 0.6 is 0 Å². The molecule has 0 aromatic heterocycles. The second-order valence-corrected chi connectivity index (χ2v) is 2.85. The smallest absolute Gasteiger partial charge is 0.159 e. The Bertz CT molecular complexity index is 189. The van der Waals surface area contributed by atoms with E-state index in [9.17, 15) is 4.79 Å². The van der Waals surface area contributed by atoms with E-state index >= 15 is 0 Å². The highest BCUT2D eigenvalue weighted by atomic mass is 16.1. The SMILES string of the molecule is CC/C=C\CC1CC=CC1=O. The molecule has 0 N–H and O–H groups in total. The summed E-state index contributed by atoms with van der Waals surface area (Å²) in [5, 5.41) is 0. The first-order chi connectivity index (χ1) is 5.34. The van der Waals surface area contributed by atoms with Gasteiger partial charge in [0.05, 0.1) is 0 Å². The molecule has 0 bridgehead atoms. The van der Waals surface area contributed by atoms with Gasteiger partial charge in [0.2, 0.25) is 0 Å². The Morgan fingerprint density at radius 2 is 2.45 bits per heavy atom. The number of carbonyl (C=O) groups is 1. The largest absolute Gasteiger partial charge is 0.295 e. The lowest BCUT2D eigenvalue weighted by Crippen LogP contribution is -2.04. The van der Waals surface area contributed by atoms with Crippen LogP contribution in [0.3, 0.4) is 0 Å². The minimum absolute atomic E-state index is 0.248. The summed E-state index contributed by atoms with van der Waals surface area (Å²) in [6.45, 7) is 2.10. The lowest BCUT2D eigenvalue weighted by Gasteiger charge is -2.01. The second-order valence-electron chi connectivity index (χ2n) is 2.85. The van der Waals surface area contributed by atoms with Crippen molar-refractivity contribution in [2.75, 3.05) is 0 Å². The molecule has 0 saturated heterocycles. The molecule has 1 atom stereocenters. The van der Waals surface area contributed by atoms with Crippen LogP contribution in [0.4, 0.5) is 0 Å². The maximum absolute atomic E-state index is 11.0. The van der Waals surface area contributed by atoms with Gasteiger partial charge in [0, 0.05) is 5.92 Å². The van der Waals surface area contributed by atoms with Gasteiger partial charge in [0.25, 0.3) is 0 Å².